The van der Waals surface area contributed by atoms with Crippen molar-refractivity contribution in [2.24, 2.45) is 0 Å². The minimum Gasteiger partial charge on any atom is -0.350 e. The van der Waals surface area contributed by atoms with Crippen molar-refractivity contribution in [1.29, 1.82) is 0 Å². The summed E-state index contributed by atoms with van der Waals surface area (Å²) in [6.07, 6.45) is 0.261. The van der Waals surface area contributed by atoms with E-state index in [0.717, 1.165) is 9.87 Å². The zero-order valence-corrected chi connectivity index (χ0v) is 27.6. The molecule has 0 unspecified atom stereocenters. The number of carbonyl (C=O) groups excluding carboxylic acids is 2. The van der Waals surface area contributed by atoms with E-state index in [9.17, 15) is 18.0 Å². The molecule has 2 amide bonds. The van der Waals surface area contributed by atoms with Crippen molar-refractivity contribution >= 4 is 62.3 Å². The van der Waals surface area contributed by atoms with Gasteiger partial charge in [0.1, 0.15) is 12.6 Å². The summed E-state index contributed by atoms with van der Waals surface area (Å²) in [5, 5.41) is 3.92. The van der Waals surface area contributed by atoms with Gasteiger partial charge in [-0.15, -0.1) is 0 Å². The zero-order chi connectivity index (χ0) is 31.4. The van der Waals surface area contributed by atoms with Crippen LogP contribution in [0.15, 0.2) is 65.6 Å². The summed E-state index contributed by atoms with van der Waals surface area (Å²) in [5.41, 5.74) is 1.50. The number of hydrogen-bond acceptors (Lipinski definition) is 4. The fourth-order valence-electron chi connectivity index (χ4n) is 4.44. The minimum atomic E-state index is -4.23. The normalized spacial score (nSPS) is 12.5. The van der Waals surface area contributed by atoms with E-state index in [2.05, 4.69) is 5.32 Å². The highest BCUT2D eigenvalue weighted by Gasteiger charge is 2.35. The first-order chi connectivity index (χ1) is 19.6. The van der Waals surface area contributed by atoms with Gasteiger partial charge in [0.25, 0.3) is 10.0 Å². The van der Waals surface area contributed by atoms with Gasteiger partial charge < -0.3 is 10.2 Å². The Bertz CT molecular complexity index is 1530. The Labute approximate surface area is 263 Å². The molecule has 0 aliphatic rings. The first kappa shape index (κ1) is 33.7. The number of nitrogens with zero attached hydrogens (tertiary/aromatic N) is 2. The molecule has 0 saturated carbocycles. The Hall–Kier alpha value is -2.78. The zero-order valence-electron chi connectivity index (χ0n) is 24.5. The van der Waals surface area contributed by atoms with Crippen LogP contribution in [0.3, 0.4) is 0 Å². The third-order valence-electron chi connectivity index (χ3n) is 6.67. The van der Waals surface area contributed by atoms with Crippen molar-refractivity contribution in [3.63, 3.8) is 0 Å². The number of benzene rings is 3. The molecule has 3 rings (SSSR count). The highest BCUT2D eigenvalue weighted by atomic mass is 35.5. The van der Waals surface area contributed by atoms with Crippen molar-refractivity contribution in [1.82, 2.24) is 10.2 Å². The molecule has 0 aromatic heterocycles. The predicted octanol–water partition coefficient (Wildman–Crippen LogP) is 7.18. The summed E-state index contributed by atoms with van der Waals surface area (Å²) < 4.78 is 29.2. The average molecular weight is 653 g/mol. The molecule has 3 aromatic rings. The van der Waals surface area contributed by atoms with Gasteiger partial charge in [0.15, 0.2) is 0 Å². The third kappa shape index (κ3) is 7.98. The lowest BCUT2D eigenvalue weighted by atomic mass is 10.1. The van der Waals surface area contributed by atoms with Gasteiger partial charge >= 0.3 is 0 Å². The molecular weight excluding hydrogens is 617 g/mol. The average Bonchev–Trinajstić information content (AvgIpc) is 2.89. The van der Waals surface area contributed by atoms with Gasteiger partial charge in [-0.05, 0) is 83.0 Å². The second-order valence-electron chi connectivity index (χ2n) is 11.1. The quantitative estimate of drug-likeness (QED) is 0.251. The molecular formula is C31H36Cl3N3O4S. The Morgan fingerprint density at radius 1 is 0.881 bits per heavy atom. The van der Waals surface area contributed by atoms with Crippen LogP contribution in [0.4, 0.5) is 5.69 Å². The van der Waals surface area contributed by atoms with Crippen LogP contribution in [-0.4, -0.2) is 43.3 Å². The Morgan fingerprint density at radius 2 is 1.43 bits per heavy atom. The van der Waals surface area contributed by atoms with Crippen LogP contribution in [0, 0.1) is 13.8 Å². The number of nitrogens with one attached hydrogen (secondary N) is 1. The molecule has 7 nitrogen and oxygen atoms in total. The molecule has 1 N–H and O–H groups in total. The van der Waals surface area contributed by atoms with Gasteiger partial charge in [-0.1, -0.05) is 71.6 Å². The Kier molecular flexibility index (Phi) is 11.0. The molecule has 0 radical (unpaired) electrons. The minimum absolute atomic E-state index is 0.0125. The maximum Gasteiger partial charge on any atom is 0.264 e. The van der Waals surface area contributed by atoms with Gasteiger partial charge in [-0.2, -0.15) is 0 Å². The summed E-state index contributed by atoms with van der Waals surface area (Å²) in [6.45, 7) is 10.1. The van der Waals surface area contributed by atoms with Crippen molar-refractivity contribution < 1.29 is 18.0 Å². The van der Waals surface area contributed by atoms with Crippen LogP contribution in [0.25, 0.3) is 0 Å². The number of hydrogen-bond donors (Lipinski definition) is 1. The Balaban J connectivity index is 2.16. The Morgan fingerprint density at radius 3 is 1.98 bits per heavy atom. The number of amides is 2. The maximum absolute atomic E-state index is 14.3. The third-order valence-corrected chi connectivity index (χ3v) is 9.56. The molecule has 42 heavy (non-hydrogen) atoms. The number of sulfonamides is 1. The topological polar surface area (TPSA) is 86.8 Å². The van der Waals surface area contributed by atoms with E-state index in [0.29, 0.717) is 26.2 Å². The lowest BCUT2D eigenvalue weighted by molar-refractivity contribution is -0.141. The highest BCUT2D eigenvalue weighted by molar-refractivity contribution is 7.92. The first-order valence-electron chi connectivity index (χ1n) is 13.5. The predicted molar refractivity (Wildman–Crippen MR) is 171 cm³/mol. The smallest absolute Gasteiger partial charge is 0.264 e. The summed E-state index contributed by atoms with van der Waals surface area (Å²) in [4.78, 5) is 29.1. The maximum atomic E-state index is 14.3. The monoisotopic (exact) mass is 651 g/mol. The molecule has 0 heterocycles. The molecule has 11 heteroatoms. The van der Waals surface area contributed by atoms with Gasteiger partial charge in [0.2, 0.25) is 11.8 Å². The molecule has 0 aliphatic heterocycles. The molecule has 0 spiro atoms. The molecule has 3 aromatic carbocycles. The molecule has 0 saturated heterocycles. The van der Waals surface area contributed by atoms with E-state index in [1.807, 2.05) is 27.7 Å². The molecule has 0 fully saturated rings. The number of aryl methyl sites for hydroxylation is 1. The summed E-state index contributed by atoms with van der Waals surface area (Å²) in [5.74, 6) is -0.995. The molecule has 226 valence electrons. The number of carbonyl (C=O) groups is 2. The van der Waals surface area contributed by atoms with Crippen LogP contribution in [0.5, 0.6) is 0 Å². The lowest BCUT2D eigenvalue weighted by Gasteiger charge is -2.35. The van der Waals surface area contributed by atoms with Crippen LogP contribution in [0.2, 0.25) is 15.1 Å². The van der Waals surface area contributed by atoms with Crippen molar-refractivity contribution in [2.45, 2.75) is 71.0 Å². The molecule has 0 aliphatic carbocycles. The molecule has 1 atom stereocenters. The SMILES string of the molecule is CC[C@@H](C(=O)NC(C)(C)C)N(Cc1c(Cl)cccc1Cl)C(=O)CN(c1cccc(Cl)c1C)S(=O)(=O)c1ccc(C)cc1. The van der Waals surface area contributed by atoms with E-state index in [-0.39, 0.29) is 29.5 Å². The first-order valence-corrected chi connectivity index (χ1v) is 16.0. The van der Waals surface area contributed by atoms with E-state index >= 15 is 0 Å². The largest absolute Gasteiger partial charge is 0.350 e. The van der Waals surface area contributed by atoms with Gasteiger partial charge in [0.05, 0.1) is 10.6 Å². The van der Waals surface area contributed by atoms with E-state index < -0.39 is 34.1 Å². The van der Waals surface area contributed by atoms with Crippen LogP contribution in [0.1, 0.15) is 50.8 Å². The summed E-state index contributed by atoms with van der Waals surface area (Å²) in [7, 11) is -4.23. The second kappa shape index (κ2) is 13.7. The fourth-order valence-corrected chi connectivity index (χ4v) is 6.60. The number of anilines is 1. The van der Waals surface area contributed by atoms with E-state index in [4.69, 9.17) is 34.8 Å². The van der Waals surface area contributed by atoms with Crippen molar-refractivity contribution in [2.75, 3.05) is 10.8 Å². The van der Waals surface area contributed by atoms with Crippen LogP contribution < -0.4 is 9.62 Å². The van der Waals surface area contributed by atoms with E-state index in [1.54, 1.807) is 62.4 Å². The summed E-state index contributed by atoms with van der Waals surface area (Å²) >= 11 is 19.3. The standard InChI is InChI=1S/C31H36Cl3N3O4S/c1-7-27(30(39)35-31(4,5)6)36(18-23-25(33)11-8-12-26(23)34)29(38)19-37(28-13-9-10-24(32)21(28)3)42(40,41)22-16-14-20(2)15-17-22/h8-17,27H,7,18-19H2,1-6H3,(H,35,39)/t27-/m0/s1. The number of rotatable bonds is 10. The van der Waals surface area contributed by atoms with Crippen LogP contribution >= 0.6 is 34.8 Å². The fraction of sp³-hybridized carbons (Fsp3) is 0.355. The summed E-state index contributed by atoms with van der Waals surface area (Å²) in [6, 6.07) is 15.3. The van der Waals surface area contributed by atoms with Gasteiger partial charge in [-0.3, -0.25) is 13.9 Å². The highest BCUT2D eigenvalue weighted by Crippen LogP contribution is 2.32. The molecule has 0 bridgehead atoms. The number of halogens is 3. The second-order valence-corrected chi connectivity index (χ2v) is 14.2. The van der Waals surface area contributed by atoms with Gasteiger partial charge in [-0.25, -0.2) is 8.42 Å². The lowest BCUT2D eigenvalue weighted by Crippen LogP contribution is -2.55. The van der Waals surface area contributed by atoms with Crippen LogP contribution in [-0.2, 0) is 26.2 Å². The van der Waals surface area contributed by atoms with Crippen molar-refractivity contribution in [3.8, 4) is 0 Å². The van der Waals surface area contributed by atoms with E-state index in [1.165, 1.54) is 17.0 Å². The van der Waals surface area contributed by atoms with Crippen molar-refractivity contribution in [3.05, 3.63) is 92.4 Å². The van der Waals surface area contributed by atoms with Gasteiger partial charge in [0, 0.05) is 32.7 Å².